The Labute approximate surface area is 113 Å². The van der Waals surface area contributed by atoms with Crippen molar-refractivity contribution in [2.75, 3.05) is 20.3 Å². The maximum atomic E-state index is 9.17. The van der Waals surface area contributed by atoms with Crippen LogP contribution in [0.3, 0.4) is 0 Å². The highest BCUT2D eigenvalue weighted by Crippen LogP contribution is 2.20. The molecule has 0 radical (unpaired) electrons. The SMILES string of the molecule is COc1ccccc1CN(CCO)Cc1ccco1. The zero-order valence-electron chi connectivity index (χ0n) is 11.1. The van der Waals surface area contributed by atoms with Gasteiger partial charge in [0.1, 0.15) is 11.5 Å². The maximum absolute atomic E-state index is 9.17. The minimum Gasteiger partial charge on any atom is -0.496 e. The smallest absolute Gasteiger partial charge is 0.123 e. The Hall–Kier alpha value is -1.78. The highest BCUT2D eigenvalue weighted by Gasteiger charge is 2.11. The quantitative estimate of drug-likeness (QED) is 0.830. The third-order valence-corrected chi connectivity index (χ3v) is 2.96. The summed E-state index contributed by atoms with van der Waals surface area (Å²) >= 11 is 0. The lowest BCUT2D eigenvalue weighted by molar-refractivity contribution is 0.173. The highest BCUT2D eigenvalue weighted by molar-refractivity contribution is 5.33. The van der Waals surface area contributed by atoms with Crippen LogP contribution in [-0.2, 0) is 13.1 Å². The van der Waals surface area contributed by atoms with Crippen molar-refractivity contribution in [2.24, 2.45) is 0 Å². The topological polar surface area (TPSA) is 45.8 Å². The summed E-state index contributed by atoms with van der Waals surface area (Å²) in [5, 5.41) is 9.17. The first-order valence-corrected chi connectivity index (χ1v) is 6.31. The predicted molar refractivity (Wildman–Crippen MR) is 72.9 cm³/mol. The van der Waals surface area contributed by atoms with Crippen LogP contribution in [0, 0.1) is 0 Å². The molecule has 1 heterocycles. The van der Waals surface area contributed by atoms with Crippen molar-refractivity contribution < 1.29 is 14.3 Å². The minimum absolute atomic E-state index is 0.121. The number of aliphatic hydroxyl groups is 1. The molecular formula is C15H19NO3. The number of rotatable bonds is 7. The first kappa shape index (κ1) is 13.6. The lowest BCUT2D eigenvalue weighted by Gasteiger charge is -2.21. The van der Waals surface area contributed by atoms with Gasteiger partial charge in [-0.2, -0.15) is 0 Å². The number of methoxy groups -OCH3 is 1. The number of benzene rings is 1. The van der Waals surface area contributed by atoms with Crippen molar-refractivity contribution >= 4 is 0 Å². The summed E-state index contributed by atoms with van der Waals surface area (Å²) in [6.45, 7) is 2.10. The molecule has 0 atom stereocenters. The van der Waals surface area contributed by atoms with Gasteiger partial charge < -0.3 is 14.3 Å². The number of nitrogens with zero attached hydrogens (tertiary/aromatic N) is 1. The first-order chi connectivity index (χ1) is 9.33. The van der Waals surface area contributed by atoms with Gasteiger partial charge in [-0.15, -0.1) is 0 Å². The molecule has 0 aliphatic heterocycles. The van der Waals surface area contributed by atoms with E-state index in [2.05, 4.69) is 4.90 Å². The van der Waals surface area contributed by atoms with Crippen LogP contribution in [0.25, 0.3) is 0 Å². The van der Waals surface area contributed by atoms with Gasteiger partial charge >= 0.3 is 0 Å². The Kier molecular flexibility index (Phi) is 5.01. The zero-order chi connectivity index (χ0) is 13.5. The van der Waals surface area contributed by atoms with Crippen molar-refractivity contribution in [1.82, 2.24) is 4.90 Å². The van der Waals surface area contributed by atoms with Gasteiger partial charge in [-0.1, -0.05) is 18.2 Å². The molecule has 102 valence electrons. The Morgan fingerprint density at radius 1 is 1.16 bits per heavy atom. The fourth-order valence-electron chi connectivity index (χ4n) is 2.05. The Morgan fingerprint density at radius 2 is 2.00 bits per heavy atom. The number of aliphatic hydroxyl groups excluding tert-OH is 1. The van der Waals surface area contributed by atoms with E-state index in [4.69, 9.17) is 14.3 Å². The number of hydrogen-bond donors (Lipinski definition) is 1. The van der Waals surface area contributed by atoms with Crippen molar-refractivity contribution in [3.63, 3.8) is 0 Å². The average molecular weight is 261 g/mol. The maximum Gasteiger partial charge on any atom is 0.123 e. The van der Waals surface area contributed by atoms with Crippen LogP contribution in [0.4, 0.5) is 0 Å². The van der Waals surface area contributed by atoms with Crippen LogP contribution >= 0.6 is 0 Å². The van der Waals surface area contributed by atoms with E-state index in [-0.39, 0.29) is 6.61 Å². The summed E-state index contributed by atoms with van der Waals surface area (Å²) in [6, 6.07) is 11.7. The summed E-state index contributed by atoms with van der Waals surface area (Å²) in [5.41, 5.74) is 1.10. The number of ether oxygens (including phenoxy) is 1. The minimum atomic E-state index is 0.121. The Balaban J connectivity index is 2.07. The summed E-state index contributed by atoms with van der Waals surface area (Å²) in [6.07, 6.45) is 1.66. The van der Waals surface area contributed by atoms with E-state index < -0.39 is 0 Å². The lowest BCUT2D eigenvalue weighted by atomic mass is 10.2. The molecule has 0 aliphatic carbocycles. The van der Waals surface area contributed by atoms with Crippen LogP contribution in [0.5, 0.6) is 5.75 Å². The molecule has 0 saturated heterocycles. The van der Waals surface area contributed by atoms with E-state index in [1.807, 2.05) is 36.4 Å². The molecule has 2 rings (SSSR count). The van der Waals surface area contributed by atoms with E-state index in [1.165, 1.54) is 0 Å². The van der Waals surface area contributed by atoms with Crippen molar-refractivity contribution in [3.8, 4) is 5.75 Å². The first-order valence-electron chi connectivity index (χ1n) is 6.31. The molecule has 0 spiro atoms. The van der Waals surface area contributed by atoms with Gasteiger partial charge in [0.05, 0.1) is 26.5 Å². The van der Waals surface area contributed by atoms with Crippen molar-refractivity contribution in [3.05, 3.63) is 54.0 Å². The van der Waals surface area contributed by atoms with E-state index in [0.29, 0.717) is 19.6 Å². The van der Waals surface area contributed by atoms with Crippen LogP contribution in [0.2, 0.25) is 0 Å². The normalized spacial score (nSPS) is 10.9. The Bertz CT molecular complexity index is 482. The second-order valence-electron chi connectivity index (χ2n) is 4.33. The molecule has 0 amide bonds. The molecule has 0 bridgehead atoms. The standard InChI is InChI=1S/C15H19NO3/c1-18-15-7-3-2-5-13(15)11-16(8-9-17)12-14-6-4-10-19-14/h2-7,10,17H,8-9,11-12H2,1H3. The van der Waals surface area contributed by atoms with E-state index in [9.17, 15) is 0 Å². The fraction of sp³-hybridized carbons (Fsp3) is 0.333. The molecule has 4 nitrogen and oxygen atoms in total. The van der Waals surface area contributed by atoms with Crippen LogP contribution < -0.4 is 4.74 Å². The van der Waals surface area contributed by atoms with Crippen LogP contribution in [0.1, 0.15) is 11.3 Å². The fourth-order valence-corrected chi connectivity index (χ4v) is 2.05. The molecule has 4 heteroatoms. The molecule has 1 aromatic heterocycles. The molecule has 1 aromatic carbocycles. The average Bonchev–Trinajstić information content (AvgIpc) is 2.92. The zero-order valence-corrected chi connectivity index (χ0v) is 11.1. The van der Waals surface area contributed by atoms with E-state index in [1.54, 1.807) is 13.4 Å². The highest BCUT2D eigenvalue weighted by atomic mass is 16.5. The van der Waals surface area contributed by atoms with Gasteiger partial charge in [0.25, 0.3) is 0 Å². The lowest BCUT2D eigenvalue weighted by Crippen LogP contribution is -2.26. The van der Waals surface area contributed by atoms with Crippen LogP contribution in [0.15, 0.2) is 47.1 Å². The molecule has 0 fully saturated rings. The largest absolute Gasteiger partial charge is 0.496 e. The summed E-state index contributed by atoms with van der Waals surface area (Å²) < 4.78 is 10.7. The van der Waals surface area contributed by atoms with Crippen LogP contribution in [-0.4, -0.2) is 30.3 Å². The molecule has 19 heavy (non-hydrogen) atoms. The van der Waals surface area contributed by atoms with Crippen molar-refractivity contribution in [1.29, 1.82) is 0 Å². The van der Waals surface area contributed by atoms with Gasteiger partial charge in [0.2, 0.25) is 0 Å². The third-order valence-electron chi connectivity index (χ3n) is 2.96. The van der Waals surface area contributed by atoms with Gasteiger partial charge in [-0.25, -0.2) is 0 Å². The second-order valence-corrected chi connectivity index (χ2v) is 4.33. The molecule has 0 unspecified atom stereocenters. The van der Waals surface area contributed by atoms with Gasteiger partial charge in [0.15, 0.2) is 0 Å². The molecular weight excluding hydrogens is 242 g/mol. The summed E-state index contributed by atoms with van der Waals surface area (Å²) in [4.78, 5) is 2.12. The second kappa shape index (κ2) is 6.97. The number of hydrogen-bond acceptors (Lipinski definition) is 4. The van der Waals surface area contributed by atoms with Gasteiger partial charge in [-0.05, 0) is 18.2 Å². The molecule has 0 saturated carbocycles. The molecule has 0 aliphatic rings. The summed E-state index contributed by atoms with van der Waals surface area (Å²) in [7, 11) is 1.67. The van der Waals surface area contributed by atoms with Crippen molar-refractivity contribution in [2.45, 2.75) is 13.1 Å². The number of furan rings is 1. The molecule has 2 aromatic rings. The predicted octanol–water partition coefficient (Wildman–Crippen LogP) is 2.28. The Morgan fingerprint density at radius 3 is 2.68 bits per heavy atom. The van der Waals surface area contributed by atoms with Gasteiger partial charge in [-0.3, -0.25) is 4.90 Å². The number of para-hydroxylation sites is 1. The van der Waals surface area contributed by atoms with Gasteiger partial charge in [0, 0.05) is 18.7 Å². The van der Waals surface area contributed by atoms with E-state index in [0.717, 1.165) is 17.1 Å². The third kappa shape index (κ3) is 3.84. The molecule has 1 N–H and O–H groups in total. The summed E-state index contributed by atoms with van der Waals surface area (Å²) in [5.74, 6) is 1.76. The van der Waals surface area contributed by atoms with E-state index >= 15 is 0 Å². The monoisotopic (exact) mass is 261 g/mol.